The van der Waals surface area contributed by atoms with Gasteiger partial charge in [-0.3, -0.25) is 9.48 Å². The molecular formula is C26H21F3N4O4. The van der Waals surface area contributed by atoms with Gasteiger partial charge in [-0.15, -0.1) is 13.2 Å². The van der Waals surface area contributed by atoms with E-state index in [2.05, 4.69) is 15.2 Å². The van der Waals surface area contributed by atoms with Crippen LogP contribution in [-0.4, -0.2) is 37.2 Å². The predicted octanol–water partition coefficient (Wildman–Crippen LogP) is 5.30. The largest absolute Gasteiger partial charge is 0.573 e. The number of phenols is 2. The summed E-state index contributed by atoms with van der Waals surface area (Å²) in [5.74, 6) is -0.990. The Bertz CT molecular complexity index is 1460. The molecule has 0 spiro atoms. The van der Waals surface area contributed by atoms with Crippen molar-refractivity contribution in [1.82, 2.24) is 14.7 Å². The number of rotatable bonds is 5. The Morgan fingerprint density at radius 2 is 1.65 bits per heavy atom. The number of benzene rings is 3. The first-order valence-electron chi connectivity index (χ1n) is 11.2. The number of aromatic hydroxyl groups is 2. The quantitative estimate of drug-likeness (QED) is 0.337. The molecule has 37 heavy (non-hydrogen) atoms. The highest BCUT2D eigenvalue weighted by molar-refractivity contribution is 6.03. The van der Waals surface area contributed by atoms with Gasteiger partial charge in [0.2, 0.25) is 0 Å². The minimum absolute atomic E-state index is 0.0120. The van der Waals surface area contributed by atoms with Crippen LogP contribution in [0.1, 0.15) is 21.5 Å². The molecule has 3 aromatic carbocycles. The van der Waals surface area contributed by atoms with Crippen LogP contribution in [0.2, 0.25) is 0 Å². The van der Waals surface area contributed by atoms with E-state index < -0.39 is 12.3 Å². The first kappa shape index (κ1) is 24.0. The molecule has 0 unspecified atom stereocenters. The molecule has 0 bridgehead atoms. The normalized spacial score (nSPS) is 12.9. The summed E-state index contributed by atoms with van der Waals surface area (Å²) in [5.41, 5.74) is 3.17. The first-order valence-corrected chi connectivity index (χ1v) is 11.2. The van der Waals surface area contributed by atoms with Gasteiger partial charge < -0.3 is 25.2 Å². The second kappa shape index (κ2) is 9.08. The Morgan fingerprint density at radius 3 is 2.27 bits per heavy atom. The Hall–Kier alpha value is -4.67. The van der Waals surface area contributed by atoms with Crippen molar-refractivity contribution in [3.8, 4) is 28.5 Å². The smallest absolute Gasteiger partial charge is 0.508 e. The Morgan fingerprint density at radius 1 is 1.00 bits per heavy atom. The molecule has 1 aliphatic heterocycles. The molecule has 3 N–H and O–H groups in total. The summed E-state index contributed by atoms with van der Waals surface area (Å²) >= 11 is 0. The Kier molecular flexibility index (Phi) is 5.90. The Labute approximate surface area is 209 Å². The Balaban J connectivity index is 1.41. The molecule has 2 heterocycles. The molecule has 0 atom stereocenters. The highest BCUT2D eigenvalue weighted by Crippen LogP contribution is 2.36. The number of halogens is 3. The van der Waals surface area contributed by atoms with Crippen LogP contribution in [0.15, 0.2) is 66.7 Å². The third-order valence-electron chi connectivity index (χ3n) is 5.97. The first-order chi connectivity index (χ1) is 17.6. The fourth-order valence-corrected chi connectivity index (χ4v) is 4.26. The summed E-state index contributed by atoms with van der Waals surface area (Å²) in [5, 5.41) is 28.1. The number of carbonyl (C=O) groups excluding carboxylic acids is 1. The number of alkyl halides is 3. The zero-order chi connectivity index (χ0) is 26.3. The van der Waals surface area contributed by atoms with Crippen molar-refractivity contribution >= 4 is 17.4 Å². The number of nitrogens with one attached hydrogen (secondary N) is 1. The van der Waals surface area contributed by atoms with Gasteiger partial charge in [0.15, 0.2) is 0 Å². The SMILES string of the molecule is Cn1nc(-c2ccc(OC(F)(F)F)cc2)cc1Nc1cc(O)cc(O)c1C(=O)N1Cc2ccccc2C1. The number of amides is 1. The van der Waals surface area contributed by atoms with Crippen LogP contribution in [0.5, 0.6) is 17.2 Å². The lowest BCUT2D eigenvalue weighted by Gasteiger charge is -2.19. The van der Waals surface area contributed by atoms with E-state index in [4.69, 9.17) is 0 Å². The number of hydrogen-bond donors (Lipinski definition) is 3. The van der Waals surface area contributed by atoms with Gasteiger partial charge in [0.25, 0.3) is 5.91 Å². The van der Waals surface area contributed by atoms with E-state index >= 15 is 0 Å². The summed E-state index contributed by atoms with van der Waals surface area (Å²) in [6, 6.07) is 17.0. The van der Waals surface area contributed by atoms with E-state index in [0.29, 0.717) is 30.2 Å². The van der Waals surface area contributed by atoms with Crippen LogP contribution in [0.25, 0.3) is 11.3 Å². The van der Waals surface area contributed by atoms with Gasteiger partial charge in [-0.25, -0.2) is 0 Å². The summed E-state index contributed by atoms with van der Waals surface area (Å²) in [4.78, 5) is 15.0. The summed E-state index contributed by atoms with van der Waals surface area (Å²) in [7, 11) is 1.63. The molecule has 0 saturated carbocycles. The zero-order valence-corrected chi connectivity index (χ0v) is 19.5. The number of nitrogens with zero attached hydrogens (tertiary/aromatic N) is 3. The summed E-state index contributed by atoms with van der Waals surface area (Å²) in [6.07, 6.45) is -4.79. The van der Waals surface area contributed by atoms with E-state index in [-0.39, 0.29) is 28.5 Å². The topological polar surface area (TPSA) is 99.9 Å². The number of fused-ring (bicyclic) bond motifs is 1. The standard InChI is InChI=1S/C26H21F3N4O4/c1-32-23(12-20(31-32)15-6-8-19(9-7-15)37-26(27,28)29)30-21-10-18(34)11-22(35)24(21)25(36)33-13-16-4-2-3-5-17(16)14-33/h2-12,30,34-35H,13-14H2,1H3. The molecule has 0 fully saturated rings. The molecule has 1 aromatic heterocycles. The summed E-state index contributed by atoms with van der Waals surface area (Å²) in [6.45, 7) is 0.775. The van der Waals surface area contributed by atoms with Gasteiger partial charge in [0.05, 0.1) is 11.4 Å². The fraction of sp³-hybridized carbons (Fsp3) is 0.154. The van der Waals surface area contributed by atoms with E-state index in [0.717, 1.165) is 17.2 Å². The van der Waals surface area contributed by atoms with Crippen molar-refractivity contribution in [2.45, 2.75) is 19.5 Å². The van der Waals surface area contributed by atoms with Crippen LogP contribution in [0, 0.1) is 0 Å². The maximum atomic E-state index is 13.4. The van der Waals surface area contributed by atoms with E-state index in [1.54, 1.807) is 18.0 Å². The number of carbonyl (C=O) groups is 1. The van der Waals surface area contributed by atoms with Gasteiger partial charge in [-0.2, -0.15) is 5.10 Å². The number of hydrogen-bond acceptors (Lipinski definition) is 6. The van der Waals surface area contributed by atoms with Crippen LogP contribution in [-0.2, 0) is 20.1 Å². The molecule has 8 nitrogen and oxygen atoms in total. The molecule has 1 aliphatic rings. The predicted molar refractivity (Wildman–Crippen MR) is 128 cm³/mol. The molecule has 5 rings (SSSR count). The number of aromatic nitrogens is 2. The molecule has 0 radical (unpaired) electrons. The third kappa shape index (κ3) is 5.01. The average molecular weight is 510 g/mol. The monoisotopic (exact) mass is 510 g/mol. The number of ether oxygens (including phenoxy) is 1. The molecular weight excluding hydrogens is 489 g/mol. The molecule has 190 valence electrons. The second-order valence-corrected chi connectivity index (χ2v) is 8.55. The van der Waals surface area contributed by atoms with E-state index in [9.17, 15) is 28.2 Å². The van der Waals surface area contributed by atoms with Gasteiger partial charge in [0.1, 0.15) is 28.6 Å². The van der Waals surface area contributed by atoms with Crippen molar-refractivity contribution in [3.05, 3.63) is 83.4 Å². The van der Waals surface area contributed by atoms with E-state index in [1.807, 2.05) is 24.3 Å². The van der Waals surface area contributed by atoms with Crippen molar-refractivity contribution in [3.63, 3.8) is 0 Å². The van der Waals surface area contributed by atoms with Gasteiger partial charge in [-0.05, 0) is 35.4 Å². The molecule has 0 aliphatic carbocycles. The number of phenolic OH excluding ortho intramolecular Hbond substituents is 2. The number of aryl methyl sites for hydroxylation is 1. The minimum atomic E-state index is -4.79. The third-order valence-corrected chi connectivity index (χ3v) is 5.97. The van der Waals surface area contributed by atoms with Crippen LogP contribution in [0.3, 0.4) is 0 Å². The van der Waals surface area contributed by atoms with E-state index in [1.165, 1.54) is 35.0 Å². The van der Waals surface area contributed by atoms with Crippen LogP contribution >= 0.6 is 0 Å². The van der Waals surface area contributed by atoms with Crippen molar-refractivity contribution in [2.24, 2.45) is 7.05 Å². The van der Waals surface area contributed by atoms with Crippen molar-refractivity contribution in [2.75, 3.05) is 5.32 Å². The lowest BCUT2D eigenvalue weighted by atomic mass is 10.1. The highest BCUT2D eigenvalue weighted by atomic mass is 19.4. The average Bonchev–Trinajstić information content (AvgIpc) is 3.41. The zero-order valence-electron chi connectivity index (χ0n) is 19.5. The maximum Gasteiger partial charge on any atom is 0.573 e. The molecule has 0 saturated heterocycles. The maximum absolute atomic E-state index is 13.4. The molecule has 4 aromatic rings. The lowest BCUT2D eigenvalue weighted by Crippen LogP contribution is -2.26. The highest BCUT2D eigenvalue weighted by Gasteiger charge is 2.31. The van der Waals surface area contributed by atoms with Crippen LogP contribution < -0.4 is 10.1 Å². The molecule has 11 heteroatoms. The van der Waals surface area contributed by atoms with Crippen molar-refractivity contribution < 1.29 is 32.9 Å². The number of anilines is 2. The summed E-state index contributed by atoms with van der Waals surface area (Å²) < 4.78 is 42.7. The second-order valence-electron chi connectivity index (χ2n) is 8.55. The van der Waals surface area contributed by atoms with Crippen LogP contribution in [0.4, 0.5) is 24.7 Å². The molecule has 1 amide bonds. The fourth-order valence-electron chi connectivity index (χ4n) is 4.26. The minimum Gasteiger partial charge on any atom is -0.508 e. The van der Waals surface area contributed by atoms with Gasteiger partial charge in [-0.1, -0.05) is 24.3 Å². The van der Waals surface area contributed by atoms with Crippen molar-refractivity contribution in [1.29, 1.82) is 0 Å². The van der Waals surface area contributed by atoms with Gasteiger partial charge in [0, 0.05) is 43.9 Å². The van der Waals surface area contributed by atoms with Gasteiger partial charge >= 0.3 is 6.36 Å². The lowest BCUT2D eigenvalue weighted by molar-refractivity contribution is -0.274.